The third kappa shape index (κ3) is 9.79. The second-order valence-electron chi connectivity index (χ2n) is 9.92. The van der Waals surface area contributed by atoms with E-state index in [0.717, 1.165) is 22.3 Å². The van der Waals surface area contributed by atoms with Gasteiger partial charge in [0.1, 0.15) is 24.8 Å². The molecule has 2 aliphatic rings. The smallest absolute Gasteiger partial charge is 0.332 e. The zero-order valence-electron chi connectivity index (χ0n) is 25.5. The Morgan fingerprint density at radius 3 is 2.52 bits per heavy atom. The average molecular weight is 760 g/mol. The van der Waals surface area contributed by atoms with Gasteiger partial charge in [-0.2, -0.15) is 4.37 Å². The molecule has 0 aliphatic carbocycles. The van der Waals surface area contributed by atoms with Crippen LogP contribution in [0.15, 0.2) is 55.9 Å². The number of carboxylic acids is 2. The number of fused-ring (bicyclic) bond motifs is 1. The lowest BCUT2D eigenvalue weighted by atomic mass is 9.90. The zero-order chi connectivity index (χ0) is 34.5. The van der Waals surface area contributed by atoms with Crippen molar-refractivity contribution >= 4 is 83.3 Å². The third-order valence-electron chi connectivity index (χ3n) is 6.32. The van der Waals surface area contributed by atoms with Crippen LogP contribution in [0.3, 0.4) is 0 Å². The first kappa shape index (κ1) is 39.0. The lowest BCUT2D eigenvalue weighted by molar-refractivity contribution is -0.671. The summed E-state index contributed by atoms with van der Waals surface area (Å²) in [5.41, 5.74) is 1.54. The number of hydrogen-bond acceptors (Lipinski definition) is 14. The number of amides is 1. The Hall–Kier alpha value is -3.49. The Labute approximate surface area is 290 Å². The maximum absolute atomic E-state index is 13.3. The quantitative estimate of drug-likeness (QED) is 0.0767. The van der Waals surface area contributed by atoms with E-state index in [9.17, 15) is 33.8 Å². The van der Waals surface area contributed by atoms with Gasteiger partial charge >= 0.3 is 7.60 Å². The van der Waals surface area contributed by atoms with Gasteiger partial charge in [0.05, 0.1) is 27.2 Å². The number of ketones is 1. The van der Waals surface area contributed by atoms with Crippen molar-refractivity contribution in [1.82, 2.24) is 14.3 Å². The highest BCUT2D eigenvalue weighted by molar-refractivity contribution is 8.07. The van der Waals surface area contributed by atoms with Crippen LogP contribution in [-0.2, 0) is 41.8 Å². The first-order valence-electron chi connectivity index (χ1n) is 13.6. The minimum absolute atomic E-state index is 0. The van der Waals surface area contributed by atoms with Crippen LogP contribution in [-0.4, -0.2) is 81.7 Å². The highest BCUT2D eigenvalue weighted by atomic mass is 32.2. The molecule has 16 nitrogen and oxygen atoms in total. The number of aliphatic carboxylic acids is 2. The second kappa shape index (κ2) is 16.8. The van der Waals surface area contributed by atoms with Gasteiger partial charge in [-0.25, -0.2) is 9.55 Å². The number of aryl methyl sites for hydroxylation is 1. The van der Waals surface area contributed by atoms with Crippen LogP contribution in [0.1, 0.15) is 31.1 Å². The summed E-state index contributed by atoms with van der Waals surface area (Å²) in [6, 6.07) is 5.94. The van der Waals surface area contributed by atoms with Crippen molar-refractivity contribution < 1.29 is 58.6 Å². The van der Waals surface area contributed by atoms with Gasteiger partial charge in [0.2, 0.25) is 5.91 Å². The van der Waals surface area contributed by atoms with E-state index in [1.54, 1.807) is 6.92 Å². The van der Waals surface area contributed by atoms with Crippen molar-refractivity contribution in [3.05, 3.63) is 57.4 Å². The van der Waals surface area contributed by atoms with E-state index in [4.69, 9.17) is 14.7 Å². The van der Waals surface area contributed by atoms with E-state index in [-0.39, 0.29) is 40.7 Å². The molecule has 5 N–H and O–H groups in total. The Balaban J connectivity index is 0.00000118. The number of Topliss-reactive ketones (excluding diaryl/α,β-unsaturated/α-hetero) is 1. The fourth-order valence-corrected chi connectivity index (χ4v) is 9.66. The zero-order valence-corrected chi connectivity index (χ0v) is 29.6. The van der Waals surface area contributed by atoms with Crippen molar-refractivity contribution in [1.29, 1.82) is 0 Å². The molecule has 0 unspecified atom stereocenters. The average Bonchev–Trinajstić information content (AvgIpc) is 3.64. The van der Waals surface area contributed by atoms with Gasteiger partial charge < -0.3 is 35.1 Å². The topological polar surface area (TPSA) is 255 Å². The number of hydrogen-bond donors (Lipinski definition) is 3. The molecular weight excluding hydrogens is 730 g/mol. The maximum Gasteiger partial charge on any atom is 0.332 e. The maximum atomic E-state index is 13.3. The van der Waals surface area contributed by atoms with Gasteiger partial charge in [-0.15, -0.1) is 23.1 Å². The van der Waals surface area contributed by atoms with E-state index in [2.05, 4.69) is 14.5 Å². The summed E-state index contributed by atoms with van der Waals surface area (Å²) in [5.74, 6) is -4.14. The van der Waals surface area contributed by atoms with Gasteiger partial charge in [-0.3, -0.25) is 23.8 Å². The van der Waals surface area contributed by atoms with Crippen molar-refractivity contribution in [3.63, 3.8) is 0 Å². The molecule has 0 radical (unpaired) electrons. The summed E-state index contributed by atoms with van der Waals surface area (Å²) in [4.78, 5) is 76.9. The number of carbonyl (C=O) groups excluding carboxylic acids is 3. The molecule has 48 heavy (non-hydrogen) atoms. The van der Waals surface area contributed by atoms with Crippen molar-refractivity contribution in [2.75, 3.05) is 12.4 Å². The van der Waals surface area contributed by atoms with Crippen LogP contribution >= 0.6 is 54.0 Å². The van der Waals surface area contributed by atoms with E-state index in [1.165, 1.54) is 39.8 Å². The standard InChI is InChI=1S/C25H24N5O8PS4.C2H4O2.H2O/c1-3-38-27-20(22-26-18(43-28-22)10-39(35,36)37)16(31)9-15-23(32)30-21(25(33)34)17(12-41-24(15)30)42-19-8-14(11-40-19)13-4-6-29(2)7-5-13;1-2(3)4;/h4-8,11,15,24H,3,9-10,12H2,1-2H3,(H2-,33,34,35,36,37);1H3,(H,3,4);1H2/b27-20+;;/t15-,24-;;/m1../s1. The molecule has 3 aromatic heterocycles. The first-order valence-corrected chi connectivity index (χ1v) is 18.9. The second-order valence-corrected chi connectivity index (χ2v) is 15.8. The number of aromatic nitrogens is 3. The minimum atomic E-state index is -4.41. The highest BCUT2D eigenvalue weighted by Gasteiger charge is 2.53. The summed E-state index contributed by atoms with van der Waals surface area (Å²) in [7, 11) is -2.48. The first-order chi connectivity index (χ1) is 22.2. The molecule has 0 spiro atoms. The number of thioether (sulfide) groups is 2. The van der Waals surface area contributed by atoms with Crippen molar-refractivity contribution in [2.45, 2.75) is 36.0 Å². The molecule has 1 fully saturated rings. The Kier molecular flexibility index (Phi) is 13.6. The summed E-state index contributed by atoms with van der Waals surface area (Å²) in [6.45, 7) is 2.86. The van der Waals surface area contributed by atoms with Crippen LogP contribution in [0.25, 0.3) is 11.1 Å². The molecule has 3 aromatic rings. The molecule has 0 saturated carbocycles. The normalized spacial score (nSPS) is 17.4. The monoisotopic (exact) mass is 759 g/mol. The summed E-state index contributed by atoms with van der Waals surface area (Å²) < 4.78 is 18.1. The number of β-lactam (4-membered cyclic amide) rings is 1. The van der Waals surface area contributed by atoms with Gasteiger partial charge in [0.15, 0.2) is 29.7 Å². The molecule has 5 rings (SSSR count). The highest BCUT2D eigenvalue weighted by Crippen LogP contribution is 2.49. The number of oxime groups is 1. The van der Waals surface area contributed by atoms with Crippen molar-refractivity contribution in [2.24, 2.45) is 18.1 Å². The molecule has 0 aromatic carbocycles. The van der Waals surface area contributed by atoms with Gasteiger partial charge in [-0.05, 0) is 41.0 Å². The molecule has 1 saturated heterocycles. The van der Waals surface area contributed by atoms with E-state index in [0.29, 0.717) is 22.2 Å². The Morgan fingerprint density at radius 1 is 1.25 bits per heavy atom. The number of rotatable bonds is 12. The van der Waals surface area contributed by atoms with Gasteiger partial charge in [0, 0.05) is 36.1 Å². The number of nitrogens with zero attached hydrogens (tertiary/aromatic N) is 5. The van der Waals surface area contributed by atoms with E-state index in [1.807, 2.05) is 47.6 Å². The number of carboxylic acid groups (broad SMARTS) is 2. The van der Waals surface area contributed by atoms with Crippen LogP contribution in [0.4, 0.5) is 0 Å². The lowest BCUT2D eigenvalue weighted by Gasteiger charge is -2.50. The number of thiophene rings is 1. The molecule has 0 bridgehead atoms. The SMILES string of the molecule is CC(=O)O.CCO/N=C(\C(=O)C[C@@H]1C(=O)N2C(C(=O)[O-])=C(Sc3cc(-c4cc[n+](C)cc4)cs3)CS[C@H]12)c1nsc(CP(=O)(O)O)n1.O. The molecule has 5 heterocycles. The predicted molar refractivity (Wildman–Crippen MR) is 176 cm³/mol. The summed E-state index contributed by atoms with van der Waals surface area (Å²) in [6.07, 6.45) is 2.92. The summed E-state index contributed by atoms with van der Waals surface area (Å²) >= 11 is 4.82. The van der Waals surface area contributed by atoms with Crippen LogP contribution < -0.4 is 9.67 Å². The summed E-state index contributed by atoms with van der Waals surface area (Å²) in [5, 5.41) is 24.8. The Bertz CT molecular complexity index is 1780. The fourth-order valence-electron chi connectivity index (χ4n) is 4.36. The van der Waals surface area contributed by atoms with Crippen LogP contribution in [0.5, 0.6) is 0 Å². The van der Waals surface area contributed by atoms with Crippen LogP contribution in [0.2, 0.25) is 0 Å². The van der Waals surface area contributed by atoms with E-state index < -0.39 is 48.7 Å². The molecule has 2 atom stereocenters. The molecule has 21 heteroatoms. The van der Waals surface area contributed by atoms with Gasteiger partial charge in [-0.1, -0.05) is 16.9 Å². The van der Waals surface area contributed by atoms with Gasteiger partial charge in [0.25, 0.3) is 5.97 Å². The largest absolute Gasteiger partial charge is 0.543 e. The lowest BCUT2D eigenvalue weighted by Crippen LogP contribution is -2.63. The molecule has 1 amide bonds. The molecular formula is C27H30N5O11PS4. The third-order valence-corrected chi connectivity index (χ3v) is 11.6. The van der Waals surface area contributed by atoms with Crippen molar-refractivity contribution in [3.8, 4) is 11.1 Å². The fraction of sp³-hybridized carbons (Fsp3) is 0.333. The minimum Gasteiger partial charge on any atom is -0.543 e. The number of carbonyl (C=O) groups is 4. The molecule has 258 valence electrons. The Morgan fingerprint density at radius 2 is 1.92 bits per heavy atom. The molecule has 2 aliphatic heterocycles. The predicted octanol–water partition coefficient (Wildman–Crippen LogP) is 1.02. The van der Waals surface area contributed by atoms with E-state index >= 15 is 0 Å². The number of pyridine rings is 1. The van der Waals surface area contributed by atoms with Crippen LogP contribution in [0, 0.1) is 5.92 Å².